The number of piperidine rings is 1. The average Bonchev–Trinajstić information content (AvgIpc) is 2.44. The number of benzene rings is 1. The number of hydrogen-bond acceptors (Lipinski definition) is 3. The first kappa shape index (κ1) is 17.1. The molecule has 0 saturated carbocycles. The molecule has 2 amide bonds. The number of likely N-dealkylation sites (tertiary alicyclic amines) is 1. The van der Waals surface area contributed by atoms with Crippen molar-refractivity contribution in [3.63, 3.8) is 0 Å². The average molecular weight is 346 g/mol. The lowest BCUT2D eigenvalue weighted by Crippen LogP contribution is -2.51. The van der Waals surface area contributed by atoms with Crippen LogP contribution in [-0.4, -0.2) is 44.7 Å². The molecule has 1 aliphatic heterocycles. The maximum atomic E-state index is 12.2. The van der Waals surface area contributed by atoms with Crippen molar-refractivity contribution in [3.05, 3.63) is 34.9 Å². The van der Waals surface area contributed by atoms with Gasteiger partial charge in [0.2, 0.25) is 10.0 Å². The minimum absolute atomic E-state index is 0.208. The van der Waals surface area contributed by atoms with Gasteiger partial charge in [0.1, 0.15) is 0 Å². The Labute approximate surface area is 135 Å². The molecule has 2 N–H and O–H groups in total. The molecule has 1 saturated heterocycles. The van der Waals surface area contributed by atoms with Crippen LogP contribution >= 0.6 is 11.6 Å². The molecule has 6 nitrogen and oxygen atoms in total. The number of rotatable bonds is 4. The van der Waals surface area contributed by atoms with E-state index in [0.29, 0.717) is 24.7 Å². The Balaban J connectivity index is 1.88. The van der Waals surface area contributed by atoms with Gasteiger partial charge in [0.05, 0.1) is 6.26 Å². The van der Waals surface area contributed by atoms with E-state index in [4.69, 9.17) is 11.6 Å². The molecule has 1 aromatic carbocycles. The Morgan fingerprint density at radius 1 is 1.41 bits per heavy atom. The third-order valence-electron chi connectivity index (χ3n) is 3.48. The second-order valence-electron chi connectivity index (χ2n) is 5.43. The fraction of sp³-hybridized carbons (Fsp3) is 0.500. The van der Waals surface area contributed by atoms with Crippen molar-refractivity contribution in [2.45, 2.75) is 25.4 Å². The van der Waals surface area contributed by atoms with Crippen molar-refractivity contribution in [1.29, 1.82) is 0 Å². The lowest BCUT2D eigenvalue weighted by molar-refractivity contribution is 0.177. The first-order valence-electron chi connectivity index (χ1n) is 7.08. The maximum Gasteiger partial charge on any atom is 0.317 e. The van der Waals surface area contributed by atoms with Crippen LogP contribution in [0, 0.1) is 0 Å². The van der Waals surface area contributed by atoms with Crippen molar-refractivity contribution >= 4 is 27.7 Å². The molecule has 1 aromatic rings. The van der Waals surface area contributed by atoms with Crippen LogP contribution < -0.4 is 10.0 Å². The second-order valence-corrected chi connectivity index (χ2v) is 7.61. The molecule has 2 rings (SSSR count). The minimum Gasteiger partial charge on any atom is -0.334 e. The number of urea groups is 1. The Morgan fingerprint density at radius 3 is 2.82 bits per heavy atom. The molecule has 8 heteroatoms. The Bertz CT molecular complexity index is 636. The number of halogens is 1. The summed E-state index contributed by atoms with van der Waals surface area (Å²) in [5.41, 5.74) is 0.848. The van der Waals surface area contributed by atoms with Gasteiger partial charge in [0, 0.05) is 30.7 Å². The highest BCUT2D eigenvalue weighted by Gasteiger charge is 2.25. The zero-order valence-corrected chi connectivity index (χ0v) is 14.0. The van der Waals surface area contributed by atoms with Gasteiger partial charge in [-0.1, -0.05) is 29.8 Å². The molecule has 0 aromatic heterocycles. The molecule has 0 aliphatic carbocycles. The zero-order chi connectivity index (χ0) is 16.2. The molecular formula is C14H20ClN3O3S. The van der Waals surface area contributed by atoms with E-state index in [1.54, 1.807) is 11.0 Å². The molecule has 1 atom stereocenters. The van der Waals surface area contributed by atoms with Crippen LogP contribution in [-0.2, 0) is 16.6 Å². The first-order chi connectivity index (χ1) is 10.3. The largest absolute Gasteiger partial charge is 0.334 e. The number of carbonyl (C=O) groups excluding carboxylic acids is 1. The summed E-state index contributed by atoms with van der Waals surface area (Å²) in [5, 5.41) is 3.43. The highest BCUT2D eigenvalue weighted by Crippen LogP contribution is 2.15. The van der Waals surface area contributed by atoms with E-state index >= 15 is 0 Å². The van der Waals surface area contributed by atoms with Crippen molar-refractivity contribution in [1.82, 2.24) is 14.9 Å². The topological polar surface area (TPSA) is 78.5 Å². The van der Waals surface area contributed by atoms with Gasteiger partial charge in [-0.2, -0.15) is 0 Å². The Morgan fingerprint density at radius 2 is 2.14 bits per heavy atom. The number of sulfonamides is 1. The van der Waals surface area contributed by atoms with Crippen LogP contribution in [0.1, 0.15) is 18.4 Å². The van der Waals surface area contributed by atoms with E-state index in [-0.39, 0.29) is 12.1 Å². The van der Waals surface area contributed by atoms with Gasteiger partial charge < -0.3 is 10.2 Å². The standard InChI is InChI=1S/C14H20ClN3O3S/c1-22(20,21)17-12-6-4-8-18(10-12)14(19)16-9-11-5-2-3-7-13(11)15/h2-3,5,7,12,17H,4,6,8-10H2,1H3,(H,16,19)/t12-/m0/s1. The highest BCUT2D eigenvalue weighted by molar-refractivity contribution is 7.88. The van der Waals surface area contributed by atoms with Gasteiger partial charge in [-0.3, -0.25) is 0 Å². The van der Waals surface area contributed by atoms with Crippen molar-refractivity contribution in [2.75, 3.05) is 19.3 Å². The fourth-order valence-corrected chi connectivity index (χ4v) is 3.49. The molecule has 0 bridgehead atoms. The van der Waals surface area contributed by atoms with E-state index in [0.717, 1.165) is 24.7 Å². The quantitative estimate of drug-likeness (QED) is 0.869. The molecule has 22 heavy (non-hydrogen) atoms. The third kappa shape index (κ3) is 5.15. The number of carbonyl (C=O) groups is 1. The van der Waals surface area contributed by atoms with Crippen LogP contribution in [0.4, 0.5) is 4.79 Å². The van der Waals surface area contributed by atoms with E-state index in [1.165, 1.54) is 0 Å². The van der Waals surface area contributed by atoms with E-state index in [2.05, 4.69) is 10.0 Å². The van der Waals surface area contributed by atoms with Gasteiger partial charge in [-0.05, 0) is 24.5 Å². The summed E-state index contributed by atoms with van der Waals surface area (Å²) in [6.07, 6.45) is 2.64. The normalized spacial score (nSPS) is 19.0. The number of hydrogen-bond donors (Lipinski definition) is 2. The zero-order valence-electron chi connectivity index (χ0n) is 12.4. The number of nitrogens with zero attached hydrogens (tertiary/aromatic N) is 1. The van der Waals surface area contributed by atoms with Crippen molar-refractivity contribution in [2.24, 2.45) is 0 Å². The summed E-state index contributed by atoms with van der Waals surface area (Å²) in [7, 11) is -3.26. The molecule has 122 valence electrons. The molecule has 0 spiro atoms. The predicted molar refractivity (Wildman–Crippen MR) is 86.3 cm³/mol. The molecule has 0 unspecified atom stereocenters. The summed E-state index contributed by atoms with van der Waals surface area (Å²) in [4.78, 5) is 13.8. The Kier molecular flexibility index (Phi) is 5.66. The number of amides is 2. The molecular weight excluding hydrogens is 326 g/mol. The predicted octanol–water partition coefficient (Wildman–Crippen LogP) is 1.56. The van der Waals surface area contributed by atoms with Crippen LogP contribution in [0.5, 0.6) is 0 Å². The first-order valence-corrected chi connectivity index (χ1v) is 9.35. The lowest BCUT2D eigenvalue weighted by atomic mass is 10.1. The van der Waals surface area contributed by atoms with Gasteiger partial charge in [0.25, 0.3) is 0 Å². The van der Waals surface area contributed by atoms with Gasteiger partial charge >= 0.3 is 6.03 Å². The maximum absolute atomic E-state index is 12.2. The second kappa shape index (κ2) is 7.30. The molecule has 0 radical (unpaired) electrons. The van der Waals surface area contributed by atoms with Crippen molar-refractivity contribution in [3.8, 4) is 0 Å². The fourth-order valence-electron chi connectivity index (χ4n) is 2.48. The summed E-state index contributed by atoms with van der Waals surface area (Å²) in [5.74, 6) is 0. The number of nitrogens with one attached hydrogen (secondary N) is 2. The Hall–Kier alpha value is -1.31. The van der Waals surface area contributed by atoms with Crippen LogP contribution in [0.15, 0.2) is 24.3 Å². The van der Waals surface area contributed by atoms with Crippen LogP contribution in [0.3, 0.4) is 0 Å². The minimum atomic E-state index is -3.26. The van der Waals surface area contributed by atoms with E-state index in [9.17, 15) is 13.2 Å². The monoisotopic (exact) mass is 345 g/mol. The summed E-state index contributed by atoms with van der Waals surface area (Å²) < 4.78 is 25.1. The van der Waals surface area contributed by atoms with Gasteiger partial charge in [-0.25, -0.2) is 17.9 Å². The highest BCUT2D eigenvalue weighted by atomic mass is 35.5. The summed E-state index contributed by atoms with van der Waals surface area (Å²) in [6.45, 7) is 1.34. The lowest BCUT2D eigenvalue weighted by Gasteiger charge is -2.32. The van der Waals surface area contributed by atoms with Crippen LogP contribution in [0.25, 0.3) is 0 Å². The molecule has 1 fully saturated rings. The SMILES string of the molecule is CS(=O)(=O)N[C@H]1CCCN(C(=O)NCc2ccccc2Cl)C1. The van der Waals surface area contributed by atoms with Gasteiger partial charge in [0.15, 0.2) is 0 Å². The smallest absolute Gasteiger partial charge is 0.317 e. The van der Waals surface area contributed by atoms with E-state index < -0.39 is 10.0 Å². The third-order valence-corrected chi connectivity index (χ3v) is 4.61. The van der Waals surface area contributed by atoms with Crippen molar-refractivity contribution < 1.29 is 13.2 Å². The van der Waals surface area contributed by atoms with Gasteiger partial charge in [-0.15, -0.1) is 0 Å². The summed E-state index contributed by atoms with van der Waals surface area (Å²) in [6, 6.07) is 6.89. The van der Waals surface area contributed by atoms with Crippen LogP contribution in [0.2, 0.25) is 5.02 Å². The molecule has 1 aliphatic rings. The van der Waals surface area contributed by atoms with E-state index in [1.807, 2.05) is 18.2 Å². The molecule has 1 heterocycles. The summed E-state index contributed by atoms with van der Waals surface area (Å²) >= 11 is 6.05.